The summed E-state index contributed by atoms with van der Waals surface area (Å²) in [5.41, 5.74) is 2.31. The quantitative estimate of drug-likeness (QED) is 0.430. The number of fused-ring (bicyclic) bond motifs is 1. The molecule has 1 amide bonds. The molecule has 0 aliphatic heterocycles. The van der Waals surface area contributed by atoms with Crippen molar-refractivity contribution < 1.29 is 14.3 Å². The average Bonchev–Trinajstić information content (AvgIpc) is 3.15. The van der Waals surface area contributed by atoms with Crippen LogP contribution in [0.15, 0.2) is 60.9 Å². The van der Waals surface area contributed by atoms with E-state index in [2.05, 4.69) is 15.3 Å². The number of rotatable bonds is 6. The van der Waals surface area contributed by atoms with Gasteiger partial charge in [0, 0.05) is 24.1 Å². The monoisotopic (exact) mass is 442 g/mol. The van der Waals surface area contributed by atoms with E-state index in [0.29, 0.717) is 17.2 Å². The van der Waals surface area contributed by atoms with E-state index in [1.54, 1.807) is 25.3 Å². The minimum atomic E-state index is -0.416. The topological polar surface area (TPSA) is 77.8 Å². The number of carbonyl (C=O) groups is 1. The molecule has 0 saturated heterocycles. The van der Waals surface area contributed by atoms with E-state index < -0.39 is 5.91 Å². The fraction of sp³-hybridized carbons (Fsp3) is 0.0952. The third kappa shape index (κ3) is 4.32. The number of nitrogens with zero attached hydrogens (tertiary/aromatic N) is 3. The number of benzene rings is 1. The number of anilines is 1. The van der Waals surface area contributed by atoms with Crippen LogP contribution in [0.4, 0.5) is 5.69 Å². The fourth-order valence-corrected chi connectivity index (χ4v) is 3.29. The largest absolute Gasteiger partial charge is 0.493 e. The Morgan fingerprint density at radius 3 is 2.73 bits per heavy atom. The van der Waals surface area contributed by atoms with Crippen LogP contribution in [0.3, 0.4) is 0 Å². The molecule has 30 heavy (non-hydrogen) atoms. The molecule has 0 spiro atoms. The number of methoxy groups -OCH3 is 1. The van der Waals surface area contributed by atoms with Gasteiger partial charge >= 0.3 is 0 Å². The number of pyridine rings is 2. The van der Waals surface area contributed by atoms with E-state index in [0.717, 1.165) is 11.3 Å². The first-order chi connectivity index (χ1) is 14.5. The second kappa shape index (κ2) is 8.61. The lowest BCUT2D eigenvalue weighted by molar-refractivity contribution is 0.102. The van der Waals surface area contributed by atoms with Gasteiger partial charge in [-0.1, -0.05) is 29.3 Å². The van der Waals surface area contributed by atoms with E-state index in [4.69, 9.17) is 32.7 Å². The Morgan fingerprint density at radius 1 is 1.10 bits per heavy atom. The summed E-state index contributed by atoms with van der Waals surface area (Å²) in [4.78, 5) is 20.9. The maximum atomic E-state index is 12.5. The maximum Gasteiger partial charge on any atom is 0.258 e. The fourth-order valence-electron chi connectivity index (χ4n) is 2.86. The number of hydrogen-bond donors (Lipinski definition) is 1. The van der Waals surface area contributed by atoms with Gasteiger partial charge in [0.05, 0.1) is 18.4 Å². The molecular formula is C21H16Cl2N4O3. The van der Waals surface area contributed by atoms with Gasteiger partial charge in [-0.2, -0.15) is 0 Å². The summed E-state index contributed by atoms with van der Waals surface area (Å²) in [6, 6.07) is 13.8. The number of amides is 1. The standard InChI is InChI=1S/C21H16Cl2N4O3/c1-29-16-7-5-13(25-21(28)15-6-8-18(22)26-20(15)23)10-17(16)30-12-14-11-27-9-3-2-4-19(27)24-14/h2-11H,12H2,1H3,(H,25,28). The van der Waals surface area contributed by atoms with Crippen molar-refractivity contribution >= 4 is 40.4 Å². The lowest BCUT2D eigenvalue weighted by Crippen LogP contribution is -2.13. The van der Waals surface area contributed by atoms with Crippen LogP contribution in [0.5, 0.6) is 11.5 Å². The summed E-state index contributed by atoms with van der Waals surface area (Å²) < 4.78 is 13.2. The van der Waals surface area contributed by atoms with Crippen LogP contribution in [0.1, 0.15) is 16.1 Å². The van der Waals surface area contributed by atoms with Crippen molar-refractivity contribution in [1.82, 2.24) is 14.4 Å². The summed E-state index contributed by atoms with van der Waals surface area (Å²) in [7, 11) is 1.55. The summed E-state index contributed by atoms with van der Waals surface area (Å²) >= 11 is 11.8. The molecule has 0 aliphatic carbocycles. The van der Waals surface area contributed by atoms with E-state index in [-0.39, 0.29) is 22.5 Å². The van der Waals surface area contributed by atoms with Gasteiger partial charge in [-0.25, -0.2) is 9.97 Å². The third-order valence-electron chi connectivity index (χ3n) is 4.27. The Labute approximate surface area is 182 Å². The van der Waals surface area contributed by atoms with Crippen molar-refractivity contribution in [3.8, 4) is 11.5 Å². The molecule has 7 nitrogen and oxygen atoms in total. The molecule has 0 aliphatic rings. The molecule has 4 rings (SSSR count). The van der Waals surface area contributed by atoms with Crippen LogP contribution in [0, 0.1) is 0 Å². The summed E-state index contributed by atoms with van der Waals surface area (Å²) in [5, 5.41) is 3.00. The van der Waals surface area contributed by atoms with Gasteiger partial charge in [-0.3, -0.25) is 4.79 Å². The highest BCUT2D eigenvalue weighted by Gasteiger charge is 2.14. The minimum absolute atomic E-state index is 0.0248. The molecule has 0 bridgehead atoms. The average molecular weight is 443 g/mol. The highest BCUT2D eigenvalue weighted by molar-refractivity contribution is 6.35. The molecule has 3 heterocycles. The normalized spacial score (nSPS) is 10.8. The number of halogens is 2. The number of hydrogen-bond acceptors (Lipinski definition) is 5. The molecule has 1 aromatic carbocycles. The summed E-state index contributed by atoms with van der Waals surface area (Å²) in [6.45, 7) is 0.238. The molecular weight excluding hydrogens is 427 g/mol. The molecule has 152 valence electrons. The van der Waals surface area contributed by atoms with Gasteiger partial charge < -0.3 is 19.2 Å². The highest BCUT2D eigenvalue weighted by Crippen LogP contribution is 2.31. The van der Waals surface area contributed by atoms with E-state index in [1.807, 2.05) is 35.0 Å². The number of imidazole rings is 1. The smallest absolute Gasteiger partial charge is 0.258 e. The van der Waals surface area contributed by atoms with Crippen LogP contribution < -0.4 is 14.8 Å². The summed E-state index contributed by atoms with van der Waals surface area (Å²) in [6.07, 6.45) is 3.81. The van der Waals surface area contributed by atoms with Gasteiger partial charge in [0.15, 0.2) is 11.5 Å². The molecule has 3 aromatic heterocycles. The highest BCUT2D eigenvalue weighted by atomic mass is 35.5. The Kier molecular flexibility index (Phi) is 5.74. The zero-order valence-corrected chi connectivity index (χ0v) is 17.3. The Hall–Kier alpha value is -3.29. The van der Waals surface area contributed by atoms with Crippen LogP contribution >= 0.6 is 23.2 Å². The molecule has 0 unspecified atom stereocenters. The molecule has 0 saturated carbocycles. The first-order valence-electron chi connectivity index (χ1n) is 8.90. The Balaban J connectivity index is 1.51. The van der Waals surface area contributed by atoms with Crippen LogP contribution in [-0.2, 0) is 6.61 Å². The van der Waals surface area contributed by atoms with Crippen LogP contribution in [-0.4, -0.2) is 27.4 Å². The lowest BCUT2D eigenvalue weighted by atomic mass is 10.2. The van der Waals surface area contributed by atoms with Gasteiger partial charge in [0.1, 0.15) is 22.6 Å². The lowest BCUT2D eigenvalue weighted by Gasteiger charge is -2.12. The molecule has 4 aromatic rings. The number of ether oxygens (including phenoxy) is 2. The first kappa shape index (κ1) is 20.0. The van der Waals surface area contributed by atoms with Gasteiger partial charge in [0.25, 0.3) is 5.91 Å². The first-order valence-corrected chi connectivity index (χ1v) is 9.66. The van der Waals surface area contributed by atoms with Gasteiger partial charge in [0.2, 0.25) is 0 Å². The van der Waals surface area contributed by atoms with Crippen molar-refractivity contribution in [2.24, 2.45) is 0 Å². The molecule has 0 atom stereocenters. The SMILES string of the molecule is COc1ccc(NC(=O)c2ccc(Cl)nc2Cl)cc1OCc1cn2ccccc2n1. The number of nitrogens with one attached hydrogen (secondary N) is 1. The Bertz CT molecular complexity index is 1190. The van der Waals surface area contributed by atoms with E-state index in [9.17, 15) is 4.79 Å². The van der Waals surface area contributed by atoms with Crippen molar-refractivity contribution in [3.63, 3.8) is 0 Å². The van der Waals surface area contributed by atoms with Crippen LogP contribution in [0.2, 0.25) is 10.3 Å². The zero-order valence-electron chi connectivity index (χ0n) is 15.8. The van der Waals surface area contributed by atoms with Crippen LogP contribution in [0.25, 0.3) is 5.65 Å². The van der Waals surface area contributed by atoms with Gasteiger partial charge in [-0.15, -0.1) is 0 Å². The molecule has 0 radical (unpaired) electrons. The van der Waals surface area contributed by atoms with Crippen molar-refractivity contribution in [2.45, 2.75) is 6.61 Å². The zero-order chi connectivity index (χ0) is 21.1. The molecule has 1 N–H and O–H groups in total. The predicted molar refractivity (Wildman–Crippen MR) is 115 cm³/mol. The molecule has 9 heteroatoms. The Morgan fingerprint density at radius 2 is 1.97 bits per heavy atom. The predicted octanol–water partition coefficient (Wildman–Crippen LogP) is 4.88. The maximum absolute atomic E-state index is 12.5. The second-order valence-corrected chi connectivity index (χ2v) is 7.02. The van der Waals surface area contributed by atoms with Crippen molar-refractivity contribution in [2.75, 3.05) is 12.4 Å². The third-order valence-corrected chi connectivity index (χ3v) is 4.77. The number of carbonyl (C=O) groups excluding carboxylic acids is 1. The molecule has 0 fully saturated rings. The minimum Gasteiger partial charge on any atom is -0.493 e. The number of aromatic nitrogens is 3. The second-order valence-electron chi connectivity index (χ2n) is 6.28. The van der Waals surface area contributed by atoms with Gasteiger partial charge in [-0.05, 0) is 36.4 Å². The van der Waals surface area contributed by atoms with E-state index >= 15 is 0 Å². The van der Waals surface area contributed by atoms with Crippen molar-refractivity contribution in [3.05, 3.63) is 82.5 Å². The summed E-state index contributed by atoms with van der Waals surface area (Å²) in [5.74, 6) is 0.580. The van der Waals surface area contributed by atoms with Crippen molar-refractivity contribution in [1.29, 1.82) is 0 Å². The van der Waals surface area contributed by atoms with E-state index in [1.165, 1.54) is 12.1 Å².